The highest BCUT2D eigenvalue weighted by molar-refractivity contribution is 5.29. The molecule has 0 fully saturated rings. The Morgan fingerprint density at radius 1 is 1.47 bits per heavy atom. The number of ether oxygens (including phenoxy) is 1. The topological polar surface area (TPSA) is 45.0 Å². The van der Waals surface area contributed by atoms with E-state index in [-0.39, 0.29) is 12.6 Å². The lowest BCUT2D eigenvalue weighted by atomic mass is 10.1. The van der Waals surface area contributed by atoms with Gasteiger partial charge in [0, 0.05) is 12.6 Å². The molecule has 0 saturated carbocycles. The van der Waals surface area contributed by atoms with Crippen LogP contribution in [0.4, 0.5) is 0 Å². The van der Waals surface area contributed by atoms with E-state index in [1.54, 1.807) is 0 Å². The van der Waals surface area contributed by atoms with E-state index in [0.29, 0.717) is 0 Å². The van der Waals surface area contributed by atoms with E-state index in [1.807, 2.05) is 37.3 Å². The Bertz CT molecular complexity index is 403. The minimum Gasteiger partial charge on any atom is -0.479 e. The monoisotopic (exact) mass is 230 g/mol. The standard InChI is InChI=1S/C14H18N2O/c1-11(2)10-16-12(3)13-4-6-14(7-5-13)17-9-8-15/h4-7,12,16H,1,9-10H2,2-3H3. The van der Waals surface area contributed by atoms with E-state index < -0.39 is 0 Å². The van der Waals surface area contributed by atoms with E-state index in [9.17, 15) is 0 Å². The summed E-state index contributed by atoms with van der Waals surface area (Å²) in [5.41, 5.74) is 2.31. The maximum Gasteiger partial charge on any atom is 0.174 e. The van der Waals surface area contributed by atoms with Crippen molar-refractivity contribution in [2.75, 3.05) is 13.2 Å². The molecule has 0 amide bonds. The fourth-order valence-electron chi connectivity index (χ4n) is 1.41. The number of nitriles is 1. The van der Waals surface area contributed by atoms with Crippen molar-refractivity contribution in [3.8, 4) is 11.8 Å². The van der Waals surface area contributed by atoms with Gasteiger partial charge in [0.25, 0.3) is 0 Å². The summed E-state index contributed by atoms with van der Waals surface area (Å²) in [6.45, 7) is 8.86. The van der Waals surface area contributed by atoms with Crippen LogP contribution in [0.5, 0.6) is 5.75 Å². The highest BCUT2D eigenvalue weighted by Crippen LogP contribution is 2.17. The molecule has 90 valence electrons. The van der Waals surface area contributed by atoms with Crippen molar-refractivity contribution in [2.24, 2.45) is 0 Å². The molecule has 1 rings (SSSR count). The molecule has 1 atom stereocenters. The van der Waals surface area contributed by atoms with Crippen molar-refractivity contribution >= 4 is 0 Å². The van der Waals surface area contributed by atoms with Gasteiger partial charge in [0.15, 0.2) is 6.61 Å². The van der Waals surface area contributed by atoms with E-state index in [0.717, 1.165) is 17.9 Å². The zero-order valence-electron chi connectivity index (χ0n) is 10.4. The summed E-state index contributed by atoms with van der Waals surface area (Å²) in [4.78, 5) is 0. The van der Waals surface area contributed by atoms with Gasteiger partial charge in [-0.2, -0.15) is 5.26 Å². The summed E-state index contributed by atoms with van der Waals surface area (Å²) in [7, 11) is 0. The average molecular weight is 230 g/mol. The van der Waals surface area contributed by atoms with Crippen LogP contribution in [0, 0.1) is 11.3 Å². The maximum atomic E-state index is 8.40. The van der Waals surface area contributed by atoms with Gasteiger partial charge in [-0.25, -0.2) is 0 Å². The number of nitrogens with zero attached hydrogens (tertiary/aromatic N) is 1. The van der Waals surface area contributed by atoms with Gasteiger partial charge in [-0.1, -0.05) is 24.3 Å². The molecule has 3 heteroatoms. The summed E-state index contributed by atoms with van der Waals surface area (Å²) in [5, 5.41) is 11.8. The van der Waals surface area contributed by atoms with Gasteiger partial charge >= 0.3 is 0 Å². The first-order chi connectivity index (χ1) is 8.13. The summed E-state index contributed by atoms with van der Waals surface area (Å²) in [6.07, 6.45) is 0. The third-order valence-electron chi connectivity index (χ3n) is 2.39. The third-order valence-corrected chi connectivity index (χ3v) is 2.39. The Labute approximate surface area is 103 Å². The van der Waals surface area contributed by atoms with Gasteiger partial charge in [-0.05, 0) is 31.5 Å². The molecule has 0 aromatic heterocycles. The van der Waals surface area contributed by atoms with Crippen LogP contribution in [0.25, 0.3) is 0 Å². The molecule has 0 aliphatic carbocycles. The second kappa shape index (κ2) is 6.72. The van der Waals surface area contributed by atoms with E-state index in [2.05, 4.69) is 18.8 Å². The average Bonchev–Trinajstić information content (AvgIpc) is 2.34. The van der Waals surface area contributed by atoms with Gasteiger partial charge in [0.1, 0.15) is 11.8 Å². The fourth-order valence-corrected chi connectivity index (χ4v) is 1.41. The van der Waals surface area contributed by atoms with Crippen LogP contribution in [0.1, 0.15) is 25.5 Å². The van der Waals surface area contributed by atoms with Crippen molar-refractivity contribution in [1.82, 2.24) is 5.32 Å². The lowest BCUT2D eigenvalue weighted by Crippen LogP contribution is -2.20. The quantitative estimate of drug-likeness (QED) is 0.764. The molecule has 0 saturated heterocycles. The number of hydrogen-bond donors (Lipinski definition) is 1. The molecular weight excluding hydrogens is 212 g/mol. The Kier molecular flexibility index (Phi) is 5.25. The first-order valence-electron chi connectivity index (χ1n) is 5.61. The SMILES string of the molecule is C=C(C)CNC(C)c1ccc(OCC#N)cc1. The molecule has 1 unspecified atom stereocenters. The van der Waals surface area contributed by atoms with Crippen LogP contribution in [0.15, 0.2) is 36.4 Å². The second-order valence-corrected chi connectivity index (χ2v) is 4.08. The van der Waals surface area contributed by atoms with E-state index in [4.69, 9.17) is 10.00 Å². The summed E-state index contributed by atoms with van der Waals surface area (Å²) in [6, 6.07) is 9.98. The van der Waals surface area contributed by atoms with Crippen LogP contribution in [0.2, 0.25) is 0 Å². The van der Waals surface area contributed by atoms with Crippen LogP contribution in [0.3, 0.4) is 0 Å². The Morgan fingerprint density at radius 2 is 2.12 bits per heavy atom. The van der Waals surface area contributed by atoms with Gasteiger partial charge in [0.2, 0.25) is 0 Å². The molecule has 0 aliphatic rings. The minimum absolute atomic E-state index is 0.0861. The van der Waals surface area contributed by atoms with E-state index >= 15 is 0 Å². The molecule has 0 aliphatic heterocycles. The van der Waals surface area contributed by atoms with Gasteiger partial charge in [-0.15, -0.1) is 0 Å². The fraction of sp³-hybridized carbons (Fsp3) is 0.357. The van der Waals surface area contributed by atoms with Gasteiger partial charge < -0.3 is 10.1 Å². The predicted molar refractivity (Wildman–Crippen MR) is 68.8 cm³/mol. The van der Waals surface area contributed by atoms with Crippen molar-refractivity contribution in [3.05, 3.63) is 42.0 Å². The normalized spacial score (nSPS) is 11.6. The van der Waals surface area contributed by atoms with Crippen molar-refractivity contribution in [2.45, 2.75) is 19.9 Å². The highest BCUT2D eigenvalue weighted by atomic mass is 16.5. The van der Waals surface area contributed by atoms with Gasteiger partial charge in [0.05, 0.1) is 0 Å². The molecule has 0 spiro atoms. The van der Waals surface area contributed by atoms with E-state index in [1.165, 1.54) is 5.56 Å². The maximum absolute atomic E-state index is 8.40. The number of nitrogens with one attached hydrogen (secondary N) is 1. The van der Waals surface area contributed by atoms with Gasteiger partial charge in [-0.3, -0.25) is 0 Å². The minimum atomic E-state index is 0.0861. The van der Waals surface area contributed by atoms with Crippen LogP contribution < -0.4 is 10.1 Å². The lowest BCUT2D eigenvalue weighted by molar-refractivity contribution is 0.368. The number of benzene rings is 1. The first kappa shape index (κ1) is 13.3. The largest absolute Gasteiger partial charge is 0.479 e. The summed E-state index contributed by atoms with van der Waals surface area (Å²) < 4.78 is 5.19. The molecule has 1 aromatic rings. The Morgan fingerprint density at radius 3 is 2.65 bits per heavy atom. The van der Waals surface area contributed by atoms with Crippen molar-refractivity contribution < 1.29 is 4.74 Å². The van der Waals surface area contributed by atoms with Crippen molar-refractivity contribution in [3.63, 3.8) is 0 Å². The smallest absolute Gasteiger partial charge is 0.174 e. The van der Waals surface area contributed by atoms with Crippen LogP contribution >= 0.6 is 0 Å². The third kappa shape index (κ3) is 4.71. The second-order valence-electron chi connectivity index (χ2n) is 4.08. The molecule has 1 N–H and O–H groups in total. The Balaban J connectivity index is 2.54. The Hall–Kier alpha value is -1.79. The highest BCUT2D eigenvalue weighted by Gasteiger charge is 2.04. The van der Waals surface area contributed by atoms with Crippen molar-refractivity contribution in [1.29, 1.82) is 5.26 Å². The summed E-state index contributed by atoms with van der Waals surface area (Å²) in [5.74, 6) is 0.724. The van der Waals surface area contributed by atoms with Crippen LogP contribution in [-0.4, -0.2) is 13.2 Å². The number of hydrogen-bond acceptors (Lipinski definition) is 3. The molecule has 17 heavy (non-hydrogen) atoms. The predicted octanol–water partition coefficient (Wildman–Crippen LogP) is 2.82. The molecular formula is C14H18N2O. The molecule has 0 radical (unpaired) electrons. The molecule has 0 heterocycles. The molecule has 3 nitrogen and oxygen atoms in total. The first-order valence-corrected chi connectivity index (χ1v) is 5.61. The molecule has 1 aromatic carbocycles. The summed E-state index contributed by atoms with van der Waals surface area (Å²) >= 11 is 0. The molecule has 0 bridgehead atoms. The zero-order valence-corrected chi connectivity index (χ0v) is 10.4. The lowest BCUT2D eigenvalue weighted by Gasteiger charge is -2.14. The zero-order chi connectivity index (χ0) is 12.7. The van der Waals surface area contributed by atoms with Crippen LogP contribution in [-0.2, 0) is 0 Å². The number of rotatable bonds is 6.